The summed E-state index contributed by atoms with van der Waals surface area (Å²) < 4.78 is 1.60. The number of aromatic nitrogens is 3. The van der Waals surface area contributed by atoms with Crippen molar-refractivity contribution in [2.24, 2.45) is 0 Å². The number of aryl methyl sites for hydroxylation is 1. The van der Waals surface area contributed by atoms with Gasteiger partial charge >= 0.3 is 0 Å². The van der Waals surface area contributed by atoms with Crippen LogP contribution in [0, 0.1) is 0 Å². The van der Waals surface area contributed by atoms with Crippen LogP contribution in [0.5, 0.6) is 0 Å². The molecule has 1 atom stereocenters. The first-order chi connectivity index (χ1) is 15.7. The maximum Gasteiger partial charge on any atom is 0.259 e. The van der Waals surface area contributed by atoms with Crippen LogP contribution in [0.15, 0.2) is 77.0 Å². The molecule has 3 heterocycles. The van der Waals surface area contributed by atoms with E-state index in [0.29, 0.717) is 22.1 Å². The van der Waals surface area contributed by atoms with Crippen molar-refractivity contribution in [1.29, 1.82) is 0 Å². The Balaban J connectivity index is 1.53. The highest BCUT2D eigenvalue weighted by Crippen LogP contribution is 2.27. The van der Waals surface area contributed by atoms with Crippen LogP contribution in [0.3, 0.4) is 0 Å². The molecule has 0 fully saturated rings. The third-order valence-electron chi connectivity index (χ3n) is 5.58. The first-order valence-electron chi connectivity index (χ1n) is 10.6. The largest absolute Gasteiger partial charge is 0.340 e. The summed E-state index contributed by atoms with van der Waals surface area (Å²) in [6.07, 6.45) is 3.62. The number of aromatic amines is 1. The number of hydrogen-bond donors (Lipinski definition) is 2. The van der Waals surface area contributed by atoms with Crippen LogP contribution in [0.4, 0.5) is 0 Å². The fourth-order valence-electron chi connectivity index (χ4n) is 3.99. The van der Waals surface area contributed by atoms with E-state index >= 15 is 0 Å². The second-order valence-electron chi connectivity index (χ2n) is 7.70. The second kappa shape index (κ2) is 8.43. The molecule has 1 amide bonds. The van der Waals surface area contributed by atoms with Crippen molar-refractivity contribution in [3.63, 3.8) is 0 Å². The number of hydrogen-bond acceptors (Lipinski definition) is 4. The summed E-state index contributed by atoms with van der Waals surface area (Å²) in [6, 6.07) is 19.3. The number of benzene rings is 2. The summed E-state index contributed by atoms with van der Waals surface area (Å²) in [5.74, 6) is -0.290. The third-order valence-corrected chi connectivity index (χ3v) is 6.51. The van der Waals surface area contributed by atoms with Crippen molar-refractivity contribution in [2.45, 2.75) is 25.8 Å². The molecule has 0 aliphatic heterocycles. The molecule has 6 nitrogen and oxygen atoms in total. The fraction of sp³-hybridized carbons (Fsp3) is 0.160. The van der Waals surface area contributed by atoms with Gasteiger partial charge < -0.3 is 10.3 Å². The van der Waals surface area contributed by atoms with Crippen molar-refractivity contribution in [1.82, 2.24) is 19.9 Å². The quantitative estimate of drug-likeness (QED) is 0.400. The summed E-state index contributed by atoms with van der Waals surface area (Å²) in [7, 11) is 0. The van der Waals surface area contributed by atoms with Crippen LogP contribution >= 0.6 is 11.3 Å². The van der Waals surface area contributed by atoms with Gasteiger partial charge in [-0.3, -0.25) is 9.59 Å². The molecule has 0 saturated heterocycles. The molecule has 0 spiro atoms. The molecule has 0 saturated carbocycles. The standard InChI is InChI=1S/C25H22N4O2S/c1-2-6-16-10-12-17(13-11-16)22(21-9-5-14-32-21)27-25(31)19-15-26-29-20-8-4-3-7-18(20)24(30)28-23(19)29/h3-5,7-15,22H,2,6H2,1H3,(H,27,31)(H,28,30). The maximum atomic E-state index is 13.3. The van der Waals surface area contributed by atoms with Crippen LogP contribution in [0.1, 0.15) is 45.7 Å². The van der Waals surface area contributed by atoms with Gasteiger partial charge in [0.25, 0.3) is 11.5 Å². The Labute approximate surface area is 188 Å². The van der Waals surface area contributed by atoms with Crippen molar-refractivity contribution >= 4 is 33.8 Å². The van der Waals surface area contributed by atoms with E-state index in [1.807, 2.05) is 29.6 Å². The van der Waals surface area contributed by atoms with Crippen molar-refractivity contribution in [2.75, 3.05) is 0 Å². The number of rotatable bonds is 6. The Morgan fingerprint density at radius 2 is 1.94 bits per heavy atom. The van der Waals surface area contributed by atoms with Crippen LogP contribution in [0.25, 0.3) is 16.6 Å². The predicted octanol–water partition coefficient (Wildman–Crippen LogP) is 4.71. The van der Waals surface area contributed by atoms with Gasteiger partial charge in [-0.2, -0.15) is 5.10 Å². The SMILES string of the molecule is CCCc1ccc(C(NC(=O)c2cnn3c2[nH]c(=O)c2ccccc23)c2cccs2)cc1. The molecule has 0 aliphatic carbocycles. The molecule has 1 unspecified atom stereocenters. The van der Waals surface area contributed by atoms with Crippen LogP contribution in [0.2, 0.25) is 0 Å². The molecular formula is C25H22N4O2S. The summed E-state index contributed by atoms with van der Waals surface area (Å²) in [6.45, 7) is 2.16. The second-order valence-corrected chi connectivity index (χ2v) is 8.68. The Bertz CT molecular complexity index is 1450. The number of nitrogens with one attached hydrogen (secondary N) is 2. The molecule has 160 valence electrons. The summed E-state index contributed by atoms with van der Waals surface area (Å²) in [5.41, 5.74) is 3.41. The Morgan fingerprint density at radius 1 is 1.12 bits per heavy atom. The Kier molecular flexibility index (Phi) is 5.33. The highest BCUT2D eigenvalue weighted by molar-refractivity contribution is 7.10. The van der Waals surface area contributed by atoms with Gasteiger partial charge in [-0.1, -0.05) is 55.8 Å². The average Bonchev–Trinajstić information content (AvgIpc) is 3.49. The van der Waals surface area contributed by atoms with Crippen LogP contribution in [-0.2, 0) is 6.42 Å². The molecule has 0 aliphatic rings. The van der Waals surface area contributed by atoms with Crippen molar-refractivity contribution in [3.05, 3.63) is 104 Å². The minimum Gasteiger partial charge on any atom is -0.340 e. The normalized spacial score (nSPS) is 12.3. The van der Waals surface area contributed by atoms with Gasteiger partial charge in [0, 0.05) is 4.88 Å². The molecule has 2 aromatic carbocycles. The molecule has 0 radical (unpaired) electrons. The first kappa shape index (κ1) is 20.2. The molecule has 5 aromatic rings. The van der Waals surface area contributed by atoms with E-state index in [1.165, 1.54) is 11.8 Å². The number of para-hydroxylation sites is 1. The maximum absolute atomic E-state index is 13.3. The number of amides is 1. The van der Waals surface area contributed by atoms with Gasteiger partial charge in [-0.15, -0.1) is 11.3 Å². The first-order valence-corrected chi connectivity index (χ1v) is 11.5. The van der Waals surface area contributed by atoms with Gasteiger partial charge in [-0.25, -0.2) is 4.52 Å². The van der Waals surface area contributed by atoms with E-state index in [2.05, 4.69) is 46.6 Å². The topological polar surface area (TPSA) is 79.3 Å². The zero-order valence-corrected chi connectivity index (χ0v) is 18.4. The average molecular weight is 443 g/mol. The lowest BCUT2D eigenvalue weighted by Crippen LogP contribution is -2.29. The molecule has 5 rings (SSSR count). The highest BCUT2D eigenvalue weighted by atomic mass is 32.1. The number of H-pyrrole nitrogens is 1. The van der Waals surface area contributed by atoms with E-state index in [-0.39, 0.29) is 17.5 Å². The van der Waals surface area contributed by atoms with E-state index in [1.54, 1.807) is 28.0 Å². The number of fused-ring (bicyclic) bond motifs is 3. The number of carbonyl (C=O) groups excluding carboxylic acids is 1. The molecule has 32 heavy (non-hydrogen) atoms. The Hall–Kier alpha value is -3.71. The van der Waals surface area contributed by atoms with Crippen molar-refractivity contribution < 1.29 is 4.79 Å². The molecule has 2 N–H and O–H groups in total. The summed E-state index contributed by atoms with van der Waals surface area (Å²) in [5, 5.41) is 10.0. The third kappa shape index (κ3) is 3.61. The minimum atomic E-state index is -0.291. The monoisotopic (exact) mass is 442 g/mol. The fourth-order valence-corrected chi connectivity index (χ4v) is 4.79. The molecule has 3 aromatic heterocycles. The van der Waals surface area contributed by atoms with E-state index in [9.17, 15) is 9.59 Å². The smallest absolute Gasteiger partial charge is 0.259 e. The van der Waals surface area contributed by atoms with Crippen LogP contribution in [-0.4, -0.2) is 20.5 Å². The predicted molar refractivity (Wildman–Crippen MR) is 127 cm³/mol. The summed E-state index contributed by atoms with van der Waals surface area (Å²) in [4.78, 5) is 29.7. The minimum absolute atomic E-state index is 0.246. The van der Waals surface area contributed by atoms with E-state index in [4.69, 9.17) is 0 Å². The van der Waals surface area contributed by atoms with Crippen LogP contribution < -0.4 is 10.9 Å². The van der Waals surface area contributed by atoms with E-state index in [0.717, 1.165) is 23.3 Å². The molecule has 7 heteroatoms. The Morgan fingerprint density at radius 3 is 2.69 bits per heavy atom. The molecular weight excluding hydrogens is 420 g/mol. The zero-order valence-electron chi connectivity index (χ0n) is 17.5. The number of carbonyl (C=O) groups is 1. The molecule has 0 bridgehead atoms. The van der Waals surface area contributed by atoms with Gasteiger partial charge in [0.2, 0.25) is 0 Å². The van der Waals surface area contributed by atoms with Gasteiger partial charge in [0.05, 0.1) is 23.1 Å². The summed E-state index contributed by atoms with van der Waals surface area (Å²) >= 11 is 1.59. The lowest BCUT2D eigenvalue weighted by Gasteiger charge is -2.18. The lowest BCUT2D eigenvalue weighted by molar-refractivity contribution is 0.0945. The highest BCUT2D eigenvalue weighted by Gasteiger charge is 2.22. The number of thiophene rings is 1. The zero-order chi connectivity index (χ0) is 22.1. The van der Waals surface area contributed by atoms with E-state index < -0.39 is 0 Å². The van der Waals surface area contributed by atoms with Gasteiger partial charge in [0.15, 0.2) is 0 Å². The van der Waals surface area contributed by atoms with Crippen molar-refractivity contribution in [3.8, 4) is 0 Å². The number of nitrogens with zero attached hydrogens (tertiary/aromatic N) is 2. The lowest BCUT2D eigenvalue weighted by atomic mass is 10.0. The van der Waals surface area contributed by atoms with Gasteiger partial charge in [0.1, 0.15) is 11.2 Å². The van der Waals surface area contributed by atoms with Gasteiger partial charge in [-0.05, 0) is 41.1 Å².